The summed E-state index contributed by atoms with van der Waals surface area (Å²) in [5.74, 6) is 0.650. The van der Waals surface area contributed by atoms with E-state index in [9.17, 15) is 4.79 Å². The van der Waals surface area contributed by atoms with Gasteiger partial charge in [0.2, 0.25) is 0 Å². The van der Waals surface area contributed by atoms with Crippen molar-refractivity contribution in [3.05, 3.63) is 47.9 Å². The van der Waals surface area contributed by atoms with Gasteiger partial charge in [0, 0.05) is 11.8 Å². The number of hydrogen-bond acceptors (Lipinski definition) is 6. The molecule has 0 saturated heterocycles. The summed E-state index contributed by atoms with van der Waals surface area (Å²) < 4.78 is 12.0. The quantitative estimate of drug-likeness (QED) is 0.588. The number of nitrogens with one attached hydrogen (secondary N) is 1. The van der Waals surface area contributed by atoms with Crippen LogP contribution in [0.25, 0.3) is 21.3 Å². The maximum atomic E-state index is 12.4. The number of furan rings is 1. The zero-order chi connectivity index (χ0) is 17.4. The lowest BCUT2D eigenvalue weighted by Crippen LogP contribution is -2.10. The van der Waals surface area contributed by atoms with E-state index in [1.165, 1.54) is 11.3 Å². The Bertz CT molecular complexity index is 1080. The van der Waals surface area contributed by atoms with Crippen LogP contribution >= 0.6 is 11.3 Å². The van der Waals surface area contributed by atoms with E-state index in [0.717, 1.165) is 21.7 Å². The summed E-state index contributed by atoms with van der Waals surface area (Å²) in [5.41, 5.74) is 2.93. The van der Waals surface area contributed by atoms with Crippen molar-refractivity contribution in [1.29, 1.82) is 0 Å². The number of aromatic nitrogens is 2. The van der Waals surface area contributed by atoms with Gasteiger partial charge < -0.3 is 9.15 Å². The second-order valence-electron chi connectivity index (χ2n) is 5.48. The van der Waals surface area contributed by atoms with Crippen LogP contribution in [-0.4, -0.2) is 22.5 Å². The molecule has 7 heteroatoms. The molecule has 0 spiro atoms. The summed E-state index contributed by atoms with van der Waals surface area (Å²) >= 11 is 1.39. The first-order valence-electron chi connectivity index (χ1n) is 7.84. The van der Waals surface area contributed by atoms with Gasteiger partial charge in [-0.1, -0.05) is 11.3 Å². The largest absolute Gasteiger partial charge is 0.494 e. The van der Waals surface area contributed by atoms with E-state index in [1.807, 2.05) is 38.1 Å². The van der Waals surface area contributed by atoms with Crippen molar-refractivity contribution in [3.8, 4) is 5.75 Å². The van der Waals surface area contributed by atoms with Crippen molar-refractivity contribution >= 4 is 43.7 Å². The number of anilines is 1. The fourth-order valence-corrected chi connectivity index (χ4v) is 3.40. The molecule has 0 bridgehead atoms. The predicted molar refractivity (Wildman–Crippen MR) is 97.5 cm³/mol. The Kier molecular flexibility index (Phi) is 3.85. The Hall–Kier alpha value is -2.93. The molecule has 126 valence electrons. The molecule has 0 aliphatic carbocycles. The number of fused-ring (bicyclic) bond motifs is 2. The Morgan fingerprint density at radius 2 is 2.08 bits per heavy atom. The molecule has 25 heavy (non-hydrogen) atoms. The summed E-state index contributed by atoms with van der Waals surface area (Å²) in [6.07, 6.45) is 0. The lowest BCUT2D eigenvalue weighted by atomic mass is 10.3. The molecular weight excluding hydrogens is 338 g/mol. The maximum absolute atomic E-state index is 12.4. The number of nitrogens with zero attached hydrogens (tertiary/aromatic N) is 2. The van der Waals surface area contributed by atoms with Gasteiger partial charge in [-0.2, -0.15) is 0 Å². The first kappa shape index (κ1) is 15.6. The summed E-state index contributed by atoms with van der Waals surface area (Å²) in [6, 6.07) is 10.9. The van der Waals surface area contributed by atoms with Gasteiger partial charge in [0.15, 0.2) is 16.5 Å². The van der Waals surface area contributed by atoms with Gasteiger partial charge in [0.05, 0.1) is 16.8 Å². The van der Waals surface area contributed by atoms with E-state index < -0.39 is 0 Å². The Balaban J connectivity index is 1.59. The van der Waals surface area contributed by atoms with Crippen LogP contribution in [-0.2, 0) is 0 Å². The van der Waals surface area contributed by atoms with Crippen molar-refractivity contribution in [2.45, 2.75) is 13.8 Å². The van der Waals surface area contributed by atoms with Crippen LogP contribution in [0.5, 0.6) is 5.75 Å². The summed E-state index contributed by atoms with van der Waals surface area (Å²) in [7, 11) is 0. The number of thiazole rings is 1. The molecule has 0 saturated carbocycles. The van der Waals surface area contributed by atoms with Crippen LogP contribution < -0.4 is 10.1 Å². The number of carbonyl (C=O) groups is 1. The standard InChI is InChI=1S/C18H15N3O3S/c1-3-23-11-5-6-12-16(8-11)25-18(20-12)21-17(22)15-9-13-14(24-15)7-4-10(2)19-13/h4-9H,3H2,1-2H3,(H,20,21,22). The minimum absolute atomic E-state index is 0.211. The number of aryl methyl sites for hydroxylation is 1. The third-order valence-corrected chi connectivity index (χ3v) is 4.56. The molecule has 6 nitrogen and oxygen atoms in total. The molecule has 1 amide bonds. The van der Waals surface area contributed by atoms with Crippen LogP contribution in [0, 0.1) is 6.92 Å². The van der Waals surface area contributed by atoms with Crippen LogP contribution in [0.15, 0.2) is 40.8 Å². The van der Waals surface area contributed by atoms with Crippen LogP contribution in [0.1, 0.15) is 23.2 Å². The molecule has 3 aromatic heterocycles. The topological polar surface area (TPSA) is 77.2 Å². The van der Waals surface area contributed by atoms with Gasteiger partial charge in [-0.25, -0.2) is 9.97 Å². The molecule has 0 aliphatic rings. The van der Waals surface area contributed by atoms with E-state index in [2.05, 4.69) is 15.3 Å². The SMILES string of the molecule is CCOc1ccc2nc(NC(=O)c3cc4nc(C)ccc4o3)sc2c1. The maximum Gasteiger partial charge on any atom is 0.293 e. The molecule has 1 N–H and O–H groups in total. The molecule has 0 fully saturated rings. The molecule has 4 aromatic rings. The van der Waals surface area contributed by atoms with Crippen molar-refractivity contribution in [3.63, 3.8) is 0 Å². The molecular formula is C18H15N3O3S. The number of rotatable bonds is 4. The Labute approximate surface area is 147 Å². The monoisotopic (exact) mass is 353 g/mol. The second kappa shape index (κ2) is 6.18. The Morgan fingerprint density at radius 1 is 1.20 bits per heavy atom. The highest BCUT2D eigenvalue weighted by Crippen LogP contribution is 2.30. The number of carbonyl (C=O) groups excluding carboxylic acids is 1. The normalized spacial score (nSPS) is 11.1. The van der Waals surface area contributed by atoms with Gasteiger partial charge in [-0.15, -0.1) is 0 Å². The number of hydrogen-bond donors (Lipinski definition) is 1. The summed E-state index contributed by atoms with van der Waals surface area (Å²) in [5, 5.41) is 3.29. The fraction of sp³-hybridized carbons (Fsp3) is 0.167. The van der Waals surface area contributed by atoms with E-state index in [1.54, 1.807) is 12.1 Å². The van der Waals surface area contributed by atoms with Crippen LogP contribution in [0.3, 0.4) is 0 Å². The van der Waals surface area contributed by atoms with Gasteiger partial charge >= 0.3 is 0 Å². The molecule has 1 aromatic carbocycles. The smallest absolute Gasteiger partial charge is 0.293 e. The van der Waals surface area contributed by atoms with Crippen molar-refractivity contribution in [2.24, 2.45) is 0 Å². The van der Waals surface area contributed by atoms with E-state index in [-0.39, 0.29) is 11.7 Å². The average molecular weight is 353 g/mol. The molecule has 0 atom stereocenters. The minimum Gasteiger partial charge on any atom is -0.494 e. The molecule has 0 aliphatic heterocycles. The second-order valence-corrected chi connectivity index (χ2v) is 6.51. The fourth-order valence-electron chi connectivity index (χ4n) is 2.51. The highest BCUT2D eigenvalue weighted by molar-refractivity contribution is 7.22. The van der Waals surface area contributed by atoms with Gasteiger partial charge in [-0.05, 0) is 44.2 Å². The summed E-state index contributed by atoms with van der Waals surface area (Å²) in [4.78, 5) is 21.2. The summed E-state index contributed by atoms with van der Waals surface area (Å²) in [6.45, 7) is 4.43. The highest BCUT2D eigenvalue weighted by atomic mass is 32.1. The number of amides is 1. The van der Waals surface area contributed by atoms with Gasteiger partial charge in [0.1, 0.15) is 11.3 Å². The van der Waals surface area contributed by atoms with Crippen LogP contribution in [0.4, 0.5) is 5.13 Å². The van der Waals surface area contributed by atoms with E-state index >= 15 is 0 Å². The molecule has 0 radical (unpaired) electrons. The number of benzene rings is 1. The highest BCUT2D eigenvalue weighted by Gasteiger charge is 2.15. The zero-order valence-electron chi connectivity index (χ0n) is 13.7. The van der Waals surface area contributed by atoms with Crippen molar-refractivity contribution in [2.75, 3.05) is 11.9 Å². The zero-order valence-corrected chi connectivity index (χ0v) is 14.5. The average Bonchev–Trinajstić information content (AvgIpc) is 3.17. The van der Waals surface area contributed by atoms with Crippen molar-refractivity contribution < 1.29 is 13.9 Å². The van der Waals surface area contributed by atoms with Crippen LogP contribution in [0.2, 0.25) is 0 Å². The minimum atomic E-state index is -0.347. The van der Waals surface area contributed by atoms with Crippen molar-refractivity contribution in [1.82, 2.24) is 9.97 Å². The molecule has 0 unspecified atom stereocenters. The molecule has 4 rings (SSSR count). The predicted octanol–water partition coefficient (Wildman–Crippen LogP) is 4.40. The van der Waals surface area contributed by atoms with Gasteiger partial charge in [0.25, 0.3) is 5.91 Å². The number of pyridine rings is 1. The lowest BCUT2D eigenvalue weighted by molar-refractivity contribution is 0.0998. The van der Waals surface area contributed by atoms with E-state index in [0.29, 0.717) is 22.8 Å². The lowest BCUT2D eigenvalue weighted by Gasteiger charge is -2.00. The van der Waals surface area contributed by atoms with Gasteiger partial charge in [-0.3, -0.25) is 10.1 Å². The third kappa shape index (κ3) is 3.06. The third-order valence-electron chi connectivity index (χ3n) is 3.63. The van der Waals surface area contributed by atoms with E-state index in [4.69, 9.17) is 9.15 Å². The first-order valence-corrected chi connectivity index (χ1v) is 8.66. The number of ether oxygens (including phenoxy) is 1. The Morgan fingerprint density at radius 3 is 2.92 bits per heavy atom. The first-order chi connectivity index (χ1) is 12.1. The molecule has 3 heterocycles.